The summed E-state index contributed by atoms with van der Waals surface area (Å²) in [5.41, 5.74) is 11.1. The zero-order valence-corrected chi connectivity index (χ0v) is 10.6. The standard InChI is InChI=1S/C12H13BrN2/c1-6-4-10-11(8(3)12(6)13)9(14)5-7(2)15-10/h4-5H,1-3H3,(H2,14,15). The number of pyridine rings is 1. The van der Waals surface area contributed by atoms with Crippen molar-refractivity contribution < 1.29 is 0 Å². The van der Waals surface area contributed by atoms with Gasteiger partial charge in [-0.15, -0.1) is 0 Å². The SMILES string of the molecule is Cc1cc(N)c2c(C)c(Br)c(C)cc2n1. The molecule has 78 valence electrons. The molecule has 0 spiro atoms. The number of rotatable bonds is 0. The summed E-state index contributed by atoms with van der Waals surface area (Å²) in [5.74, 6) is 0. The molecule has 0 saturated heterocycles. The Morgan fingerprint density at radius 3 is 2.53 bits per heavy atom. The first-order valence-electron chi connectivity index (χ1n) is 4.83. The average Bonchev–Trinajstić information content (AvgIpc) is 2.13. The third kappa shape index (κ3) is 1.61. The van der Waals surface area contributed by atoms with Crippen LogP contribution in [-0.4, -0.2) is 4.98 Å². The van der Waals surface area contributed by atoms with Gasteiger partial charge in [0.2, 0.25) is 0 Å². The molecule has 2 nitrogen and oxygen atoms in total. The molecule has 0 saturated carbocycles. The number of hydrogen-bond acceptors (Lipinski definition) is 2. The predicted octanol–water partition coefficient (Wildman–Crippen LogP) is 3.50. The number of fused-ring (bicyclic) bond motifs is 1. The topological polar surface area (TPSA) is 38.9 Å². The molecule has 15 heavy (non-hydrogen) atoms. The molecule has 2 aromatic rings. The summed E-state index contributed by atoms with van der Waals surface area (Å²) in [7, 11) is 0. The molecule has 2 rings (SSSR count). The molecule has 0 fully saturated rings. The molecule has 0 bridgehead atoms. The zero-order chi connectivity index (χ0) is 11.2. The van der Waals surface area contributed by atoms with Crippen LogP contribution in [-0.2, 0) is 0 Å². The van der Waals surface area contributed by atoms with Gasteiger partial charge in [-0.1, -0.05) is 15.9 Å². The molecule has 1 aromatic carbocycles. The molecule has 3 heteroatoms. The summed E-state index contributed by atoms with van der Waals surface area (Å²) in [4.78, 5) is 4.50. The number of benzene rings is 1. The fraction of sp³-hybridized carbons (Fsp3) is 0.250. The second kappa shape index (κ2) is 3.49. The molecule has 1 aromatic heterocycles. The summed E-state index contributed by atoms with van der Waals surface area (Å²) in [6.07, 6.45) is 0. The van der Waals surface area contributed by atoms with Gasteiger partial charge in [-0.05, 0) is 44.0 Å². The average molecular weight is 265 g/mol. The molecule has 0 radical (unpaired) electrons. The lowest BCUT2D eigenvalue weighted by molar-refractivity contribution is 1.24. The Balaban J connectivity index is 2.99. The molecule has 0 aliphatic heterocycles. The molecule has 0 aliphatic rings. The maximum Gasteiger partial charge on any atom is 0.0731 e. The van der Waals surface area contributed by atoms with E-state index in [9.17, 15) is 0 Å². The van der Waals surface area contributed by atoms with Crippen molar-refractivity contribution in [3.63, 3.8) is 0 Å². The zero-order valence-electron chi connectivity index (χ0n) is 9.06. The highest BCUT2D eigenvalue weighted by atomic mass is 79.9. The van der Waals surface area contributed by atoms with E-state index in [1.807, 2.05) is 13.0 Å². The number of nitrogens with two attached hydrogens (primary N) is 1. The largest absolute Gasteiger partial charge is 0.398 e. The van der Waals surface area contributed by atoms with E-state index in [1.54, 1.807) is 0 Å². The Morgan fingerprint density at radius 1 is 1.20 bits per heavy atom. The molecule has 0 aliphatic carbocycles. The predicted molar refractivity (Wildman–Crippen MR) is 68.1 cm³/mol. The van der Waals surface area contributed by atoms with Crippen LogP contribution >= 0.6 is 15.9 Å². The van der Waals surface area contributed by atoms with Crippen molar-refractivity contribution in [2.24, 2.45) is 0 Å². The number of aryl methyl sites for hydroxylation is 3. The third-order valence-electron chi connectivity index (χ3n) is 2.61. The van der Waals surface area contributed by atoms with Gasteiger partial charge < -0.3 is 5.73 Å². The van der Waals surface area contributed by atoms with Crippen molar-refractivity contribution in [3.8, 4) is 0 Å². The molecule has 0 atom stereocenters. The van der Waals surface area contributed by atoms with Gasteiger partial charge in [0.25, 0.3) is 0 Å². The number of hydrogen-bond donors (Lipinski definition) is 1. The van der Waals surface area contributed by atoms with E-state index in [1.165, 1.54) is 5.56 Å². The van der Waals surface area contributed by atoms with Gasteiger partial charge in [-0.3, -0.25) is 4.98 Å². The monoisotopic (exact) mass is 264 g/mol. The number of nitrogen functional groups attached to an aromatic ring is 1. The van der Waals surface area contributed by atoms with E-state index in [0.29, 0.717) is 0 Å². The quantitative estimate of drug-likeness (QED) is 0.791. The number of aromatic nitrogens is 1. The minimum absolute atomic E-state index is 0.802. The molecule has 0 unspecified atom stereocenters. The van der Waals surface area contributed by atoms with Gasteiger partial charge in [-0.2, -0.15) is 0 Å². The maximum absolute atomic E-state index is 6.02. The van der Waals surface area contributed by atoms with E-state index < -0.39 is 0 Å². The van der Waals surface area contributed by atoms with Crippen LogP contribution in [0.3, 0.4) is 0 Å². The first-order valence-corrected chi connectivity index (χ1v) is 5.62. The van der Waals surface area contributed by atoms with Crippen LogP contribution in [0.15, 0.2) is 16.6 Å². The van der Waals surface area contributed by atoms with Gasteiger partial charge in [0, 0.05) is 21.2 Å². The molecular weight excluding hydrogens is 252 g/mol. The molecule has 2 N–H and O–H groups in total. The smallest absolute Gasteiger partial charge is 0.0731 e. The number of halogens is 1. The summed E-state index contributed by atoms with van der Waals surface area (Å²) in [6.45, 7) is 6.09. The van der Waals surface area contributed by atoms with Crippen molar-refractivity contribution in [1.29, 1.82) is 0 Å². The first kappa shape index (κ1) is 10.4. The Bertz CT molecular complexity index is 547. The van der Waals surface area contributed by atoms with Gasteiger partial charge in [0.1, 0.15) is 0 Å². The molecule has 1 heterocycles. The lowest BCUT2D eigenvalue weighted by Crippen LogP contribution is -1.96. The van der Waals surface area contributed by atoms with Gasteiger partial charge in [0.05, 0.1) is 5.52 Å². The van der Waals surface area contributed by atoms with E-state index in [0.717, 1.165) is 32.3 Å². The van der Waals surface area contributed by atoms with Crippen LogP contribution in [0.1, 0.15) is 16.8 Å². The van der Waals surface area contributed by atoms with E-state index >= 15 is 0 Å². The summed E-state index contributed by atoms with van der Waals surface area (Å²) < 4.78 is 1.12. The minimum atomic E-state index is 0.802. The molecule has 0 amide bonds. The summed E-state index contributed by atoms with van der Waals surface area (Å²) >= 11 is 3.57. The summed E-state index contributed by atoms with van der Waals surface area (Å²) in [6, 6.07) is 3.98. The van der Waals surface area contributed by atoms with Gasteiger partial charge in [0.15, 0.2) is 0 Å². The van der Waals surface area contributed by atoms with Gasteiger partial charge >= 0.3 is 0 Å². The molecular formula is C12H13BrN2. The lowest BCUT2D eigenvalue weighted by atomic mass is 10.0. The Morgan fingerprint density at radius 2 is 1.87 bits per heavy atom. The Kier molecular flexibility index (Phi) is 2.43. The van der Waals surface area contributed by atoms with Crippen LogP contribution in [0, 0.1) is 20.8 Å². The number of anilines is 1. The maximum atomic E-state index is 6.02. The van der Waals surface area contributed by atoms with Crippen molar-refractivity contribution in [2.45, 2.75) is 20.8 Å². The second-order valence-corrected chi connectivity index (χ2v) is 4.67. The van der Waals surface area contributed by atoms with Crippen molar-refractivity contribution in [1.82, 2.24) is 4.98 Å². The van der Waals surface area contributed by atoms with Crippen LogP contribution < -0.4 is 5.73 Å². The first-order chi connectivity index (χ1) is 7.00. The van der Waals surface area contributed by atoms with Crippen molar-refractivity contribution in [3.05, 3.63) is 33.4 Å². The van der Waals surface area contributed by atoms with E-state index in [2.05, 4.69) is 40.8 Å². The number of nitrogens with zero attached hydrogens (tertiary/aromatic N) is 1. The van der Waals surface area contributed by atoms with E-state index in [-0.39, 0.29) is 0 Å². The highest BCUT2D eigenvalue weighted by Crippen LogP contribution is 2.31. The van der Waals surface area contributed by atoms with Crippen molar-refractivity contribution in [2.75, 3.05) is 5.73 Å². The fourth-order valence-corrected chi connectivity index (χ4v) is 2.22. The lowest BCUT2D eigenvalue weighted by Gasteiger charge is -2.10. The van der Waals surface area contributed by atoms with E-state index in [4.69, 9.17) is 5.73 Å². The highest BCUT2D eigenvalue weighted by molar-refractivity contribution is 9.10. The van der Waals surface area contributed by atoms with Crippen LogP contribution in [0.4, 0.5) is 5.69 Å². The van der Waals surface area contributed by atoms with Gasteiger partial charge in [-0.25, -0.2) is 0 Å². The van der Waals surface area contributed by atoms with Crippen LogP contribution in [0.25, 0.3) is 10.9 Å². The Hall–Kier alpha value is -1.09. The third-order valence-corrected chi connectivity index (χ3v) is 3.83. The fourth-order valence-electron chi connectivity index (χ4n) is 1.91. The Labute approximate surface area is 97.6 Å². The van der Waals surface area contributed by atoms with Crippen molar-refractivity contribution >= 4 is 32.5 Å². The minimum Gasteiger partial charge on any atom is -0.398 e. The van der Waals surface area contributed by atoms with Crippen LogP contribution in [0.5, 0.6) is 0 Å². The second-order valence-electron chi connectivity index (χ2n) is 3.88. The summed E-state index contributed by atoms with van der Waals surface area (Å²) in [5, 5.41) is 1.05. The van der Waals surface area contributed by atoms with Crippen LogP contribution in [0.2, 0.25) is 0 Å². The normalized spacial score (nSPS) is 10.9. The highest BCUT2D eigenvalue weighted by Gasteiger charge is 2.09.